The number of carbonyl (C=O) groups excluding carboxylic acids is 2. The van der Waals surface area contributed by atoms with Gasteiger partial charge in [0, 0.05) is 0 Å². The van der Waals surface area contributed by atoms with Crippen LogP contribution in [0.15, 0.2) is 10.6 Å². The van der Waals surface area contributed by atoms with Gasteiger partial charge in [-0.15, -0.1) is 0 Å². The molecule has 0 unspecified atom stereocenters. The first-order valence-electron chi connectivity index (χ1n) is 2.75. The van der Waals surface area contributed by atoms with Gasteiger partial charge in [0.2, 0.25) is 0 Å². The van der Waals surface area contributed by atoms with E-state index in [2.05, 4.69) is 4.74 Å². The highest BCUT2D eigenvalue weighted by Gasteiger charge is 2.17. The summed E-state index contributed by atoms with van der Waals surface area (Å²) in [6.07, 6.45) is 0.309. The highest BCUT2D eigenvalue weighted by atomic mass is 35.5. The lowest BCUT2D eigenvalue weighted by Crippen LogP contribution is -2.07. The fraction of sp³-hybridized carbons (Fsp3) is 0.333. The third-order valence-electron chi connectivity index (χ3n) is 0.980. The zero-order valence-corrected chi connectivity index (χ0v) is 8.28. The predicted molar refractivity (Wildman–Crippen MR) is 46.5 cm³/mol. The average Bonchev–Trinajstić information content (AvgIpc) is 2.03. The molecule has 0 aromatic rings. The lowest BCUT2D eigenvalue weighted by Gasteiger charge is -2.02. The standard InChI is InChI=1S/C6H5Cl3O3/c1-12-6(11)4(7)3(2-10)5(8)9/h2,5H,1H3. The van der Waals surface area contributed by atoms with E-state index in [1.165, 1.54) is 0 Å². The van der Waals surface area contributed by atoms with Crippen LogP contribution >= 0.6 is 34.8 Å². The molecule has 0 heterocycles. The Kier molecular flexibility index (Phi) is 5.29. The first-order chi connectivity index (χ1) is 5.54. The molecule has 0 aliphatic heterocycles. The number of halogens is 3. The highest BCUT2D eigenvalue weighted by molar-refractivity contribution is 6.50. The van der Waals surface area contributed by atoms with Crippen LogP contribution in [0.1, 0.15) is 0 Å². The van der Waals surface area contributed by atoms with Gasteiger partial charge in [-0.25, -0.2) is 4.79 Å². The molecule has 0 amide bonds. The first-order valence-corrected chi connectivity index (χ1v) is 4.01. The molecule has 12 heavy (non-hydrogen) atoms. The summed E-state index contributed by atoms with van der Waals surface area (Å²) in [5.41, 5.74) is -0.202. The van der Waals surface area contributed by atoms with Gasteiger partial charge in [-0.2, -0.15) is 0 Å². The van der Waals surface area contributed by atoms with E-state index in [1.54, 1.807) is 0 Å². The molecule has 6 heteroatoms. The maximum Gasteiger partial charge on any atom is 0.349 e. The van der Waals surface area contributed by atoms with Crippen molar-refractivity contribution in [3.05, 3.63) is 10.6 Å². The SMILES string of the molecule is COC(=O)C(Cl)=C(C=O)C(Cl)Cl. The minimum Gasteiger partial charge on any atom is -0.465 e. The molecule has 0 aromatic heterocycles. The Bertz CT molecular complexity index is 222. The Morgan fingerprint density at radius 3 is 2.25 bits per heavy atom. The molecular weight excluding hydrogens is 226 g/mol. The van der Waals surface area contributed by atoms with Gasteiger partial charge in [-0.05, 0) is 0 Å². The topological polar surface area (TPSA) is 43.4 Å². The number of carbonyl (C=O) groups is 2. The van der Waals surface area contributed by atoms with Crippen LogP contribution in [0, 0.1) is 0 Å². The van der Waals surface area contributed by atoms with E-state index in [-0.39, 0.29) is 5.57 Å². The zero-order chi connectivity index (χ0) is 9.72. The molecule has 0 radical (unpaired) electrons. The Labute approximate surface area is 84.2 Å². The van der Waals surface area contributed by atoms with Gasteiger partial charge < -0.3 is 4.74 Å². The summed E-state index contributed by atoms with van der Waals surface area (Å²) in [4.78, 5) is 19.9. The number of aldehydes is 1. The van der Waals surface area contributed by atoms with Gasteiger partial charge in [0.25, 0.3) is 0 Å². The molecule has 0 fully saturated rings. The Hall–Kier alpha value is -0.250. The summed E-state index contributed by atoms with van der Waals surface area (Å²) in [6, 6.07) is 0. The molecule has 0 saturated heterocycles. The molecule has 0 saturated carbocycles. The smallest absolute Gasteiger partial charge is 0.349 e. The minimum absolute atomic E-state index is 0.202. The minimum atomic E-state index is -1.13. The summed E-state index contributed by atoms with van der Waals surface area (Å²) >= 11 is 16.0. The molecular formula is C6H5Cl3O3. The van der Waals surface area contributed by atoms with Crippen molar-refractivity contribution in [2.75, 3.05) is 7.11 Å². The second-order valence-electron chi connectivity index (χ2n) is 1.68. The normalized spacial score (nSPS) is 12.4. The maximum atomic E-state index is 10.7. The van der Waals surface area contributed by atoms with E-state index in [4.69, 9.17) is 34.8 Å². The van der Waals surface area contributed by atoms with E-state index >= 15 is 0 Å². The number of rotatable bonds is 3. The van der Waals surface area contributed by atoms with E-state index in [9.17, 15) is 9.59 Å². The van der Waals surface area contributed by atoms with E-state index < -0.39 is 15.8 Å². The fourth-order valence-electron chi connectivity index (χ4n) is 0.406. The van der Waals surface area contributed by atoms with Crippen molar-refractivity contribution < 1.29 is 14.3 Å². The lowest BCUT2D eigenvalue weighted by atomic mass is 10.3. The summed E-state index contributed by atoms with van der Waals surface area (Å²) in [5.74, 6) is -0.843. The van der Waals surface area contributed by atoms with Crippen LogP contribution in [0.4, 0.5) is 0 Å². The van der Waals surface area contributed by atoms with Crippen molar-refractivity contribution in [2.45, 2.75) is 4.84 Å². The lowest BCUT2D eigenvalue weighted by molar-refractivity contribution is -0.135. The molecule has 0 aromatic carbocycles. The molecule has 68 valence electrons. The molecule has 0 N–H and O–H groups in total. The second kappa shape index (κ2) is 5.41. The quantitative estimate of drug-likeness (QED) is 0.321. The molecule has 3 nitrogen and oxygen atoms in total. The number of esters is 1. The summed E-state index contributed by atoms with van der Waals surface area (Å²) in [7, 11) is 1.13. The number of hydrogen-bond acceptors (Lipinski definition) is 3. The van der Waals surface area contributed by atoms with Crippen LogP contribution in [0.25, 0.3) is 0 Å². The third-order valence-corrected chi connectivity index (χ3v) is 1.82. The molecule has 0 bridgehead atoms. The third kappa shape index (κ3) is 3.01. The number of ether oxygens (including phenoxy) is 1. The molecule has 0 rings (SSSR count). The van der Waals surface area contributed by atoms with Gasteiger partial charge in [0.15, 0.2) is 6.29 Å². The van der Waals surface area contributed by atoms with Crippen LogP contribution < -0.4 is 0 Å². The monoisotopic (exact) mass is 230 g/mol. The zero-order valence-electron chi connectivity index (χ0n) is 6.01. The number of allylic oxidation sites excluding steroid dienone is 1. The molecule has 0 spiro atoms. The predicted octanol–water partition coefficient (Wildman–Crippen LogP) is 1.65. The van der Waals surface area contributed by atoms with Crippen LogP contribution in [0.3, 0.4) is 0 Å². The molecule has 0 aliphatic rings. The van der Waals surface area contributed by atoms with Crippen molar-refractivity contribution in [3.63, 3.8) is 0 Å². The van der Waals surface area contributed by atoms with Crippen molar-refractivity contribution >= 4 is 47.1 Å². The molecule has 0 atom stereocenters. The van der Waals surface area contributed by atoms with E-state index in [0.717, 1.165) is 7.11 Å². The van der Waals surface area contributed by atoms with Crippen molar-refractivity contribution in [2.24, 2.45) is 0 Å². The van der Waals surface area contributed by atoms with Gasteiger partial charge in [-0.1, -0.05) is 34.8 Å². The highest BCUT2D eigenvalue weighted by Crippen LogP contribution is 2.19. The first kappa shape index (κ1) is 11.8. The van der Waals surface area contributed by atoms with Crippen molar-refractivity contribution in [3.8, 4) is 0 Å². The largest absolute Gasteiger partial charge is 0.465 e. The Balaban J connectivity index is 4.84. The van der Waals surface area contributed by atoms with E-state index in [1.807, 2.05) is 0 Å². The van der Waals surface area contributed by atoms with Gasteiger partial charge in [0.05, 0.1) is 12.7 Å². The summed E-state index contributed by atoms with van der Waals surface area (Å²) < 4.78 is 4.24. The van der Waals surface area contributed by atoms with Crippen LogP contribution in [-0.4, -0.2) is 24.2 Å². The fourth-order valence-corrected chi connectivity index (χ4v) is 1.07. The molecule has 0 aliphatic carbocycles. The second-order valence-corrected chi connectivity index (χ2v) is 3.15. The average molecular weight is 231 g/mol. The van der Waals surface area contributed by atoms with Gasteiger partial charge in [0.1, 0.15) is 9.87 Å². The Morgan fingerprint density at radius 2 is 2.00 bits per heavy atom. The summed E-state index contributed by atoms with van der Waals surface area (Å²) in [6.45, 7) is 0. The van der Waals surface area contributed by atoms with Crippen LogP contribution in [-0.2, 0) is 14.3 Å². The van der Waals surface area contributed by atoms with Crippen LogP contribution in [0.5, 0.6) is 0 Å². The van der Waals surface area contributed by atoms with Crippen molar-refractivity contribution in [1.29, 1.82) is 0 Å². The van der Waals surface area contributed by atoms with Gasteiger partial charge >= 0.3 is 5.97 Å². The van der Waals surface area contributed by atoms with Crippen LogP contribution in [0.2, 0.25) is 0 Å². The maximum absolute atomic E-state index is 10.7. The van der Waals surface area contributed by atoms with E-state index in [0.29, 0.717) is 6.29 Å². The van der Waals surface area contributed by atoms with Gasteiger partial charge in [-0.3, -0.25) is 4.79 Å². The van der Waals surface area contributed by atoms with Crippen molar-refractivity contribution in [1.82, 2.24) is 0 Å². The summed E-state index contributed by atoms with van der Waals surface area (Å²) in [5, 5.41) is -0.400. The number of alkyl halides is 2. The number of methoxy groups -OCH3 is 1. The number of hydrogen-bond donors (Lipinski definition) is 0. The Morgan fingerprint density at radius 1 is 1.50 bits per heavy atom.